The van der Waals surface area contributed by atoms with Gasteiger partial charge >= 0.3 is 6.18 Å². The molecule has 0 aliphatic rings. The van der Waals surface area contributed by atoms with Gasteiger partial charge in [0, 0.05) is 12.4 Å². The van der Waals surface area contributed by atoms with Crippen molar-refractivity contribution < 1.29 is 27.1 Å². The number of nitrogen functional groups attached to an aromatic ring is 1. The van der Waals surface area contributed by atoms with Crippen molar-refractivity contribution in [3.8, 4) is 5.88 Å². The number of amides is 1. The Hall–Kier alpha value is -2.98. The largest absolute Gasteiger partial charge is 0.466 e. The highest BCUT2D eigenvalue weighted by Crippen LogP contribution is 2.22. The summed E-state index contributed by atoms with van der Waals surface area (Å²) in [5, 5.41) is 2.53. The fourth-order valence-corrected chi connectivity index (χ4v) is 1.79. The summed E-state index contributed by atoms with van der Waals surface area (Å²) < 4.78 is 54.3. The van der Waals surface area contributed by atoms with Crippen LogP contribution in [0.5, 0.6) is 5.88 Å². The zero-order valence-electron chi connectivity index (χ0n) is 12.8. The van der Waals surface area contributed by atoms with Gasteiger partial charge in [-0.3, -0.25) is 4.79 Å². The molecule has 25 heavy (non-hydrogen) atoms. The lowest BCUT2D eigenvalue weighted by atomic mass is 10.1. The SMILES string of the molecule is CC(NC(=O)c1ccnc(N)n1)c1cnc(OCC(F)(F)F)c(F)c1. The monoisotopic (exact) mass is 359 g/mol. The first-order valence-corrected chi connectivity index (χ1v) is 6.90. The second-order valence-electron chi connectivity index (χ2n) is 4.95. The van der Waals surface area contributed by atoms with Gasteiger partial charge in [-0.2, -0.15) is 13.2 Å². The Morgan fingerprint density at radius 2 is 2.12 bits per heavy atom. The average molecular weight is 359 g/mol. The van der Waals surface area contributed by atoms with Crippen molar-refractivity contribution in [2.75, 3.05) is 12.3 Å². The zero-order valence-corrected chi connectivity index (χ0v) is 12.8. The third-order valence-corrected chi connectivity index (χ3v) is 2.96. The van der Waals surface area contributed by atoms with Crippen molar-refractivity contribution in [2.24, 2.45) is 0 Å². The summed E-state index contributed by atoms with van der Waals surface area (Å²) >= 11 is 0. The Bertz CT molecular complexity index is 769. The molecule has 2 aromatic heterocycles. The third-order valence-electron chi connectivity index (χ3n) is 2.96. The van der Waals surface area contributed by atoms with E-state index in [9.17, 15) is 22.4 Å². The highest BCUT2D eigenvalue weighted by atomic mass is 19.4. The predicted molar refractivity (Wildman–Crippen MR) is 78.1 cm³/mol. The number of anilines is 1. The molecule has 0 saturated carbocycles. The smallest absolute Gasteiger partial charge is 0.422 e. The van der Waals surface area contributed by atoms with Crippen molar-refractivity contribution in [3.63, 3.8) is 0 Å². The molecule has 0 bridgehead atoms. The molecule has 0 aliphatic carbocycles. The number of ether oxygens (including phenoxy) is 1. The van der Waals surface area contributed by atoms with Crippen LogP contribution in [0.1, 0.15) is 29.0 Å². The average Bonchev–Trinajstić information content (AvgIpc) is 2.52. The lowest BCUT2D eigenvalue weighted by Gasteiger charge is -2.15. The first-order valence-electron chi connectivity index (χ1n) is 6.90. The third kappa shape index (κ3) is 5.26. The lowest BCUT2D eigenvalue weighted by Crippen LogP contribution is -2.28. The zero-order chi connectivity index (χ0) is 18.6. The molecule has 1 atom stereocenters. The van der Waals surface area contributed by atoms with Crippen LogP contribution in [-0.4, -0.2) is 33.6 Å². The molecule has 0 aliphatic heterocycles. The minimum absolute atomic E-state index is 0.0120. The fourth-order valence-electron chi connectivity index (χ4n) is 1.79. The van der Waals surface area contributed by atoms with Crippen LogP contribution in [-0.2, 0) is 0 Å². The number of nitrogens with one attached hydrogen (secondary N) is 1. The van der Waals surface area contributed by atoms with Crippen LogP contribution in [0, 0.1) is 5.82 Å². The number of nitrogens with two attached hydrogens (primary N) is 1. The molecule has 0 spiro atoms. The van der Waals surface area contributed by atoms with Crippen LogP contribution in [0.15, 0.2) is 24.5 Å². The van der Waals surface area contributed by atoms with Crippen molar-refractivity contribution in [2.45, 2.75) is 19.1 Å². The van der Waals surface area contributed by atoms with Crippen molar-refractivity contribution in [1.82, 2.24) is 20.3 Å². The number of pyridine rings is 1. The molecule has 1 amide bonds. The maximum absolute atomic E-state index is 13.8. The number of aromatic nitrogens is 3. The number of carbonyl (C=O) groups excluding carboxylic acids is 1. The number of hydrogen-bond donors (Lipinski definition) is 2. The Morgan fingerprint density at radius 1 is 1.40 bits per heavy atom. The summed E-state index contributed by atoms with van der Waals surface area (Å²) in [6, 6.07) is 1.57. The molecule has 2 rings (SSSR count). The van der Waals surface area contributed by atoms with Gasteiger partial charge in [-0.05, 0) is 24.6 Å². The molecule has 2 aromatic rings. The molecule has 0 radical (unpaired) electrons. The van der Waals surface area contributed by atoms with Gasteiger partial charge in [0.15, 0.2) is 12.4 Å². The molecule has 134 valence electrons. The van der Waals surface area contributed by atoms with E-state index in [1.165, 1.54) is 19.2 Å². The van der Waals surface area contributed by atoms with Crippen molar-refractivity contribution in [3.05, 3.63) is 41.6 Å². The van der Waals surface area contributed by atoms with Crippen LogP contribution in [0.25, 0.3) is 0 Å². The van der Waals surface area contributed by atoms with E-state index in [0.717, 1.165) is 12.3 Å². The Balaban J connectivity index is 2.05. The molecule has 1 unspecified atom stereocenters. The molecular weight excluding hydrogens is 346 g/mol. The highest BCUT2D eigenvalue weighted by Gasteiger charge is 2.29. The van der Waals surface area contributed by atoms with Gasteiger partial charge in [0.1, 0.15) is 5.69 Å². The number of carbonyl (C=O) groups is 1. The second kappa shape index (κ2) is 7.28. The summed E-state index contributed by atoms with van der Waals surface area (Å²) in [4.78, 5) is 22.9. The maximum Gasteiger partial charge on any atom is 0.422 e. The predicted octanol–water partition coefficient (Wildman–Crippen LogP) is 2.02. The number of halogens is 4. The van der Waals surface area contributed by atoms with Crippen LogP contribution in [0.4, 0.5) is 23.5 Å². The Labute approximate surface area is 139 Å². The normalized spacial score (nSPS) is 12.5. The fraction of sp³-hybridized carbons (Fsp3) is 0.286. The van der Waals surface area contributed by atoms with E-state index in [1.54, 1.807) is 0 Å². The van der Waals surface area contributed by atoms with E-state index in [1.807, 2.05) is 0 Å². The quantitative estimate of drug-likeness (QED) is 0.792. The first kappa shape index (κ1) is 18.4. The molecule has 0 aromatic carbocycles. The molecule has 11 heteroatoms. The summed E-state index contributed by atoms with van der Waals surface area (Å²) in [6.45, 7) is -0.118. The minimum Gasteiger partial charge on any atom is -0.466 e. The molecular formula is C14H13F4N5O2. The maximum atomic E-state index is 13.8. The van der Waals surface area contributed by atoms with Crippen LogP contribution < -0.4 is 15.8 Å². The van der Waals surface area contributed by atoms with Crippen LogP contribution in [0.2, 0.25) is 0 Å². The second-order valence-corrected chi connectivity index (χ2v) is 4.95. The number of nitrogens with zero attached hydrogens (tertiary/aromatic N) is 3. The van der Waals surface area contributed by atoms with E-state index in [0.29, 0.717) is 0 Å². The van der Waals surface area contributed by atoms with E-state index >= 15 is 0 Å². The number of hydrogen-bond acceptors (Lipinski definition) is 6. The van der Waals surface area contributed by atoms with Crippen molar-refractivity contribution in [1.29, 1.82) is 0 Å². The van der Waals surface area contributed by atoms with E-state index in [4.69, 9.17) is 5.73 Å². The van der Waals surface area contributed by atoms with Gasteiger partial charge in [0.2, 0.25) is 5.95 Å². The van der Waals surface area contributed by atoms with E-state index in [-0.39, 0.29) is 17.2 Å². The summed E-state index contributed by atoms with van der Waals surface area (Å²) in [6.07, 6.45) is -2.20. The topological polar surface area (TPSA) is 103 Å². The van der Waals surface area contributed by atoms with E-state index < -0.39 is 36.4 Å². The Morgan fingerprint density at radius 3 is 2.72 bits per heavy atom. The molecule has 3 N–H and O–H groups in total. The van der Waals surface area contributed by atoms with E-state index in [2.05, 4.69) is 25.0 Å². The molecule has 7 nitrogen and oxygen atoms in total. The number of rotatable bonds is 5. The standard InChI is InChI=1S/C14H13F4N5O2/c1-7(22-11(24)10-2-3-20-13(19)23-10)8-4-9(15)12(21-5-8)25-6-14(16,17)18/h2-5,7H,6H2,1H3,(H,22,24)(H2,19,20,23). The van der Waals surface area contributed by atoms with Gasteiger partial charge in [0.25, 0.3) is 11.8 Å². The van der Waals surface area contributed by atoms with Gasteiger partial charge in [-0.25, -0.2) is 19.3 Å². The summed E-state index contributed by atoms with van der Waals surface area (Å²) in [5.74, 6) is -2.52. The van der Waals surface area contributed by atoms with Gasteiger partial charge in [0.05, 0.1) is 6.04 Å². The molecule has 0 saturated heterocycles. The summed E-state index contributed by atoms with van der Waals surface area (Å²) in [5.41, 5.74) is 5.62. The Kier molecular flexibility index (Phi) is 5.35. The summed E-state index contributed by atoms with van der Waals surface area (Å²) in [7, 11) is 0. The molecule has 2 heterocycles. The number of alkyl halides is 3. The van der Waals surface area contributed by atoms with Gasteiger partial charge < -0.3 is 15.8 Å². The minimum atomic E-state index is -4.60. The van der Waals surface area contributed by atoms with Gasteiger partial charge in [-0.1, -0.05) is 0 Å². The molecule has 0 fully saturated rings. The van der Waals surface area contributed by atoms with Crippen molar-refractivity contribution >= 4 is 11.9 Å². The van der Waals surface area contributed by atoms with Crippen LogP contribution in [0.3, 0.4) is 0 Å². The van der Waals surface area contributed by atoms with Crippen LogP contribution >= 0.6 is 0 Å². The van der Waals surface area contributed by atoms with Gasteiger partial charge in [-0.15, -0.1) is 0 Å². The first-order chi connectivity index (χ1) is 11.7. The highest BCUT2D eigenvalue weighted by molar-refractivity contribution is 5.92. The lowest BCUT2D eigenvalue weighted by molar-refractivity contribution is -0.154.